The van der Waals surface area contributed by atoms with E-state index in [0.717, 1.165) is 33.8 Å². The van der Waals surface area contributed by atoms with Gasteiger partial charge in [-0.3, -0.25) is 0 Å². The summed E-state index contributed by atoms with van der Waals surface area (Å²) in [5, 5.41) is 5.09. The van der Waals surface area contributed by atoms with E-state index in [-0.39, 0.29) is 6.17 Å². The van der Waals surface area contributed by atoms with Crippen molar-refractivity contribution in [3.05, 3.63) is 87.4 Å². The van der Waals surface area contributed by atoms with Crippen molar-refractivity contribution < 1.29 is 0 Å². The zero-order valence-electron chi connectivity index (χ0n) is 17.6. The van der Waals surface area contributed by atoms with Gasteiger partial charge in [0.1, 0.15) is 6.17 Å². The smallest absolute Gasteiger partial charge is 0.152 e. The van der Waals surface area contributed by atoms with E-state index < -0.39 is 5.66 Å². The molecule has 3 aromatic rings. The molecular formula is C27H21Cl2N3. The second kappa shape index (κ2) is 7.72. The molecule has 5 heteroatoms. The first kappa shape index (κ1) is 20.7. The molecule has 2 bridgehead atoms. The largest absolute Gasteiger partial charge is 0.358 e. The highest BCUT2D eigenvalue weighted by Gasteiger charge is 2.53. The minimum atomic E-state index is -0.709. The van der Waals surface area contributed by atoms with E-state index in [2.05, 4.69) is 58.1 Å². The molecule has 158 valence electrons. The van der Waals surface area contributed by atoms with Crippen molar-refractivity contribution in [2.24, 2.45) is 0 Å². The topological polar surface area (TPSA) is 18.5 Å². The molecule has 2 heterocycles. The summed E-state index contributed by atoms with van der Waals surface area (Å²) in [5.41, 5.74) is 5.51. The number of rotatable bonds is 3. The predicted octanol–water partition coefficient (Wildman–Crippen LogP) is 6.56. The molecule has 0 saturated heterocycles. The average Bonchev–Trinajstić information content (AvgIpc) is 2.77. The molecule has 0 fully saturated rings. The van der Waals surface area contributed by atoms with Gasteiger partial charge in [-0.25, -0.2) is 0 Å². The summed E-state index contributed by atoms with van der Waals surface area (Å²) in [6.45, 7) is 2.50. The van der Waals surface area contributed by atoms with Gasteiger partial charge in [0.2, 0.25) is 0 Å². The Balaban J connectivity index is 1.90. The number of terminal acetylenes is 2. The van der Waals surface area contributed by atoms with Gasteiger partial charge >= 0.3 is 0 Å². The highest BCUT2D eigenvalue weighted by molar-refractivity contribution is 6.31. The number of halogens is 2. The van der Waals surface area contributed by atoms with Crippen LogP contribution in [0, 0.1) is 31.6 Å². The first-order chi connectivity index (χ1) is 15.5. The number of hydrogen-bond donors (Lipinski definition) is 1. The van der Waals surface area contributed by atoms with Crippen LogP contribution in [-0.2, 0) is 5.66 Å². The second-order valence-corrected chi connectivity index (χ2v) is 9.05. The summed E-state index contributed by atoms with van der Waals surface area (Å²) >= 11 is 13.0. The van der Waals surface area contributed by atoms with Crippen molar-refractivity contribution in [2.45, 2.75) is 25.2 Å². The molecule has 2 unspecified atom stereocenters. The van der Waals surface area contributed by atoms with E-state index in [0.29, 0.717) is 23.0 Å². The first-order valence-corrected chi connectivity index (χ1v) is 11.1. The Morgan fingerprint density at radius 2 is 1.78 bits per heavy atom. The van der Waals surface area contributed by atoms with E-state index >= 15 is 0 Å². The number of benzene rings is 3. The Labute approximate surface area is 198 Å². The maximum atomic E-state index is 6.51. The second-order valence-electron chi connectivity index (χ2n) is 8.17. The van der Waals surface area contributed by atoms with Crippen molar-refractivity contribution in [3.8, 4) is 24.7 Å². The van der Waals surface area contributed by atoms with Crippen LogP contribution in [0.25, 0.3) is 0 Å². The third-order valence-corrected chi connectivity index (χ3v) is 6.67. The normalized spacial score (nSPS) is 20.5. The van der Waals surface area contributed by atoms with E-state index in [1.165, 1.54) is 0 Å². The molecule has 0 aromatic heterocycles. The van der Waals surface area contributed by atoms with Crippen LogP contribution in [0.2, 0.25) is 10.0 Å². The molecule has 5 rings (SSSR count). The van der Waals surface area contributed by atoms with Crippen LogP contribution in [-0.4, -0.2) is 6.54 Å². The Kier molecular flexibility index (Phi) is 4.98. The van der Waals surface area contributed by atoms with E-state index in [4.69, 9.17) is 36.0 Å². The van der Waals surface area contributed by atoms with E-state index in [1.807, 2.05) is 36.4 Å². The molecule has 3 nitrogen and oxygen atoms in total. The van der Waals surface area contributed by atoms with Crippen molar-refractivity contribution in [1.82, 2.24) is 0 Å². The van der Waals surface area contributed by atoms with Crippen LogP contribution in [0.3, 0.4) is 0 Å². The summed E-state index contributed by atoms with van der Waals surface area (Å²) < 4.78 is 0. The lowest BCUT2D eigenvalue weighted by molar-refractivity contribution is 0.366. The monoisotopic (exact) mass is 457 g/mol. The molecule has 32 heavy (non-hydrogen) atoms. The van der Waals surface area contributed by atoms with E-state index in [9.17, 15) is 0 Å². The Morgan fingerprint density at radius 3 is 2.53 bits per heavy atom. The van der Waals surface area contributed by atoms with Crippen molar-refractivity contribution in [1.29, 1.82) is 0 Å². The number of fused-ring (bicyclic) bond motifs is 6. The molecule has 0 radical (unpaired) electrons. The molecule has 0 saturated carbocycles. The lowest BCUT2D eigenvalue weighted by atomic mass is 9.82. The van der Waals surface area contributed by atoms with Crippen LogP contribution in [0.5, 0.6) is 0 Å². The number of nitrogens with zero attached hydrogens (tertiary/aromatic N) is 2. The van der Waals surface area contributed by atoms with Gasteiger partial charge in [-0.2, -0.15) is 0 Å². The Hall–Kier alpha value is -3.24. The molecule has 3 aromatic carbocycles. The van der Waals surface area contributed by atoms with Gasteiger partial charge in [-0.1, -0.05) is 41.3 Å². The minimum absolute atomic E-state index is 0.204. The van der Waals surface area contributed by atoms with Gasteiger partial charge in [-0.05, 0) is 61.0 Å². The predicted molar refractivity (Wildman–Crippen MR) is 134 cm³/mol. The lowest BCUT2D eigenvalue weighted by Gasteiger charge is -2.60. The Morgan fingerprint density at radius 1 is 1.00 bits per heavy atom. The Bertz CT molecular complexity index is 1300. The van der Waals surface area contributed by atoms with Gasteiger partial charge in [0.05, 0.1) is 13.0 Å². The fraction of sp³-hybridized carbons (Fsp3) is 0.185. The maximum absolute atomic E-state index is 6.51. The highest BCUT2D eigenvalue weighted by atomic mass is 35.5. The molecular weight excluding hydrogens is 437 g/mol. The third kappa shape index (κ3) is 3.01. The molecule has 0 amide bonds. The van der Waals surface area contributed by atoms with E-state index in [1.54, 1.807) is 0 Å². The molecule has 1 N–H and O–H groups in total. The van der Waals surface area contributed by atoms with Crippen LogP contribution in [0.15, 0.2) is 60.7 Å². The highest BCUT2D eigenvalue weighted by Crippen LogP contribution is 2.56. The van der Waals surface area contributed by atoms with Crippen LogP contribution < -0.4 is 15.1 Å². The number of hydrogen-bond acceptors (Lipinski definition) is 3. The van der Waals surface area contributed by atoms with Crippen molar-refractivity contribution in [2.75, 3.05) is 21.7 Å². The summed E-state index contributed by atoms with van der Waals surface area (Å²) in [6.07, 6.45) is 12.1. The quantitative estimate of drug-likeness (QED) is 0.449. The molecule has 0 spiro atoms. The standard InChI is InChI=1S/C27H21Cl2N3/c1-4-13-27-23-17-20(29)10-12-25(23)31(14-5-2)26(22-16-19(28)9-11-24(22)30-27)32(27)21-8-6-7-18(3)15-21/h1-2,6-12,15-17,26,30H,13-14H2,3H3. The SMILES string of the molecule is C#CCN1c2ccc(Cl)cc2C2(CC#C)Nc3ccc(Cl)cc3C1N2c1cccc(C)c1. The van der Waals surface area contributed by atoms with Crippen molar-refractivity contribution >= 4 is 40.3 Å². The lowest BCUT2D eigenvalue weighted by Crippen LogP contribution is -2.64. The van der Waals surface area contributed by atoms with Crippen LogP contribution in [0.4, 0.5) is 17.1 Å². The number of anilines is 3. The zero-order chi connectivity index (χ0) is 22.5. The molecule has 2 atom stereocenters. The zero-order valence-corrected chi connectivity index (χ0v) is 19.1. The van der Waals surface area contributed by atoms with Crippen molar-refractivity contribution in [3.63, 3.8) is 0 Å². The summed E-state index contributed by atoms with van der Waals surface area (Å²) in [5.74, 6) is 5.76. The fourth-order valence-corrected chi connectivity index (χ4v) is 5.35. The fourth-order valence-electron chi connectivity index (χ4n) is 5.00. The molecule has 0 aliphatic carbocycles. The number of aryl methyl sites for hydroxylation is 1. The summed E-state index contributed by atoms with van der Waals surface area (Å²) in [6, 6.07) is 20.2. The molecule has 2 aliphatic rings. The summed E-state index contributed by atoms with van der Waals surface area (Å²) in [4.78, 5) is 4.55. The average molecular weight is 458 g/mol. The van der Waals surface area contributed by atoms with Crippen LogP contribution in [0.1, 0.15) is 29.3 Å². The maximum Gasteiger partial charge on any atom is 0.152 e. The first-order valence-electron chi connectivity index (χ1n) is 10.4. The van der Waals surface area contributed by atoms with Gasteiger partial charge in [0, 0.05) is 38.2 Å². The van der Waals surface area contributed by atoms with Gasteiger partial charge in [0.15, 0.2) is 5.66 Å². The molecule has 2 aliphatic heterocycles. The van der Waals surface area contributed by atoms with Crippen LogP contribution >= 0.6 is 23.2 Å². The van der Waals surface area contributed by atoms with Gasteiger partial charge in [0.25, 0.3) is 0 Å². The van der Waals surface area contributed by atoms with Gasteiger partial charge < -0.3 is 15.1 Å². The third-order valence-electron chi connectivity index (χ3n) is 6.20. The number of nitrogens with one attached hydrogen (secondary N) is 1. The van der Waals surface area contributed by atoms with Gasteiger partial charge in [-0.15, -0.1) is 18.8 Å². The summed E-state index contributed by atoms with van der Waals surface area (Å²) in [7, 11) is 0. The minimum Gasteiger partial charge on any atom is -0.358 e.